The molecule has 0 atom stereocenters. The minimum absolute atomic E-state index is 0.0883. The lowest BCUT2D eigenvalue weighted by molar-refractivity contribution is 0.281. The highest BCUT2D eigenvalue weighted by Gasteiger charge is 2.01. The van der Waals surface area contributed by atoms with Crippen LogP contribution in [-0.2, 0) is 6.61 Å². The number of terminal acetylenes is 1. The van der Waals surface area contributed by atoms with Gasteiger partial charge < -0.3 is 10.0 Å². The third-order valence-electron chi connectivity index (χ3n) is 2.27. The van der Waals surface area contributed by atoms with Crippen molar-refractivity contribution in [1.29, 1.82) is 0 Å². The summed E-state index contributed by atoms with van der Waals surface area (Å²) in [6.07, 6.45) is 5.23. The first-order chi connectivity index (χ1) is 6.69. The quantitative estimate of drug-likeness (QED) is 0.729. The molecule has 1 N–H and O–H groups in total. The summed E-state index contributed by atoms with van der Waals surface area (Å²) < 4.78 is 0. The molecule has 0 aliphatic heterocycles. The van der Waals surface area contributed by atoms with E-state index in [9.17, 15) is 0 Å². The number of aryl methyl sites for hydroxylation is 1. The van der Waals surface area contributed by atoms with Crippen molar-refractivity contribution in [2.75, 3.05) is 18.5 Å². The molecule has 2 nitrogen and oxygen atoms in total. The number of hydrogen-bond donors (Lipinski definition) is 1. The van der Waals surface area contributed by atoms with E-state index >= 15 is 0 Å². The number of benzene rings is 1. The molecule has 0 aliphatic carbocycles. The maximum atomic E-state index is 9.01. The van der Waals surface area contributed by atoms with Crippen molar-refractivity contribution in [1.82, 2.24) is 0 Å². The van der Waals surface area contributed by atoms with Gasteiger partial charge >= 0.3 is 0 Å². The van der Waals surface area contributed by atoms with Crippen molar-refractivity contribution in [2.24, 2.45) is 0 Å². The zero-order valence-corrected chi connectivity index (χ0v) is 8.62. The van der Waals surface area contributed by atoms with Crippen LogP contribution < -0.4 is 4.90 Å². The molecule has 0 heterocycles. The number of anilines is 1. The fraction of sp³-hybridized carbons (Fsp3) is 0.333. The SMILES string of the molecule is C#CCN(C)c1ccc(CO)c(C)c1. The van der Waals surface area contributed by atoms with Crippen molar-refractivity contribution in [3.05, 3.63) is 29.3 Å². The van der Waals surface area contributed by atoms with Crippen LogP contribution in [0.15, 0.2) is 18.2 Å². The van der Waals surface area contributed by atoms with Crippen molar-refractivity contribution >= 4 is 5.69 Å². The van der Waals surface area contributed by atoms with Gasteiger partial charge in [0.2, 0.25) is 0 Å². The average Bonchev–Trinajstić information content (AvgIpc) is 2.18. The van der Waals surface area contributed by atoms with Crippen LogP contribution in [0.25, 0.3) is 0 Å². The van der Waals surface area contributed by atoms with Gasteiger partial charge in [-0.3, -0.25) is 0 Å². The number of hydrogen-bond acceptors (Lipinski definition) is 2. The summed E-state index contributed by atoms with van der Waals surface area (Å²) in [5.74, 6) is 2.59. The molecule has 0 unspecified atom stereocenters. The Kier molecular flexibility index (Phi) is 3.55. The lowest BCUT2D eigenvalue weighted by atomic mass is 10.1. The van der Waals surface area contributed by atoms with Crippen LogP contribution in [0.4, 0.5) is 5.69 Å². The lowest BCUT2D eigenvalue weighted by Gasteiger charge is -2.17. The second-order valence-corrected chi connectivity index (χ2v) is 3.33. The van der Waals surface area contributed by atoms with Gasteiger partial charge in [-0.05, 0) is 30.2 Å². The van der Waals surface area contributed by atoms with Crippen molar-refractivity contribution in [3.63, 3.8) is 0 Å². The second kappa shape index (κ2) is 4.69. The Balaban J connectivity index is 2.92. The molecule has 0 spiro atoms. The minimum atomic E-state index is 0.0883. The Bertz CT molecular complexity index is 352. The van der Waals surface area contributed by atoms with E-state index in [1.807, 2.05) is 37.1 Å². The highest BCUT2D eigenvalue weighted by atomic mass is 16.3. The Hall–Kier alpha value is -1.46. The van der Waals surface area contributed by atoms with Gasteiger partial charge in [0.1, 0.15) is 0 Å². The first kappa shape index (κ1) is 10.6. The summed E-state index contributed by atoms with van der Waals surface area (Å²) in [5, 5.41) is 9.01. The molecule has 2 heteroatoms. The van der Waals surface area contributed by atoms with E-state index in [2.05, 4.69) is 5.92 Å². The topological polar surface area (TPSA) is 23.5 Å². The van der Waals surface area contributed by atoms with E-state index < -0.39 is 0 Å². The fourth-order valence-corrected chi connectivity index (χ4v) is 1.32. The van der Waals surface area contributed by atoms with Gasteiger partial charge in [0, 0.05) is 12.7 Å². The Morgan fingerprint density at radius 2 is 2.21 bits per heavy atom. The number of aliphatic hydroxyl groups excluding tert-OH is 1. The Morgan fingerprint density at radius 1 is 1.50 bits per heavy atom. The molecule has 0 aliphatic rings. The van der Waals surface area contributed by atoms with Crippen molar-refractivity contribution in [3.8, 4) is 12.3 Å². The Labute approximate surface area is 85.2 Å². The number of rotatable bonds is 3. The minimum Gasteiger partial charge on any atom is -0.392 e. The predicted molar refractivity (Wildman–Crippen MR) is 59.2 cm³/mol. The summed E-state index contributed by atoms with van der Waals surface area (Å²) >= 11 is 0. The molecule has 74 valence electrons. The molecule has 0 saturated carbocycles. The summed E-state index contributed by atoms with van der Waals surface area (Å²) in [4.78, 5) is 1.99. The van der Waals surface area contributed by atoms with Crippen molar-refractivity contribution < 1.29 is 5.11 Å². The highest BCUT2D eigenvalue weighted by Crippen LogP contribution is 2.17. The van der Waals surface area contributed by atoms with E-state index in [1.165, 1.54) is 0 Å². The van der Waals surface area contributed by atoms with Crippen molar-refractivity contribution in [2.45, 2.75) is 13.5 Å². The maximum absolute atomic E-state index is 9.01. The maximum Gasteiger partial charge on any atom is 0.0788 e. The normalized spacial score (nSPS) is 9.57. The van der Waals surface area contributed by atoms with Crippen LogP contribution in [0, 0.1) is 19.3 Å². The molecule has 0 saturated heterocycles. The standard InChI is InChI=1S/C12H15NO/c1-4-7-13(3)12-6-5-11(9-14)10(2)8-12/h1,5-6,8,14H,7,9H2,2-3H3. The van der Waals surface area contributed by atoms with E-state index in [4.69, 9.17) is 11.5 Å². The van der Waals surface area contributed by atoms with Gasteiger partial charge in [-0.25, -0.2) is 0 Å². The number of aliphatic hydroxyl groups is 1. The zero-order valence-electron chi connectivity index (χ0n) is 8.62. The van der Waals surface area contributed by atoms with Crippen LogP contribution >= 0.6 is 0 Å². The molecule has 0 fully saturated rings. The largest absolute Gasteiger partial charge is 0.392 e. The molecule has 1 rings (SSSR count). The highest BCUT2D eigenvalue weighted by molar-refractivity contribution is 5.50. The smallest absolute Gasteiger partial charge is 0.0788 e. The first-order valence-electron chi connectivity index (χ1n) is 4.54. The molecule has 14 heavy (non-hydrogen) atoms. The van der Waals surface area contributed by atoms with Crippen LogP contribution in [0.3, 0.4) is 0 Å². The van der Waals surface area contributed by atoms with E-state index in [1.54, 1.807) is 0 Å². The monoisotopic (exact) mass is 189 g/mol. The number of nitrogens with zero attached hydrogens (tertiary/aromatic N) is 1. The molecule has 0 bridgehead atoms. The van der Waals surface area contributed by atoms with Gasteiger partial charge in [-0.15, -0.1) is 6.42 Å². The molecular weight excluding hydrogens is 174 g/mol. The van der Waals surface area contributed by atoms with Crippen LogP contribution in [0.5, 0.6) is 0 Å². The van der Waals surface area contributed by atoms with Crippen LogP contribution in [0.2, 0.25) is 0 Å². The van der Waals surface area contributed by atoms with E-state index in [0.29, 0.717) is 6.54 Å². The van der Waals surface area contributed by atoms with Gasteiger partial charge in [-0.1, -0.05) is 12.0 Å². The summed E-state index contributed by atoms with van der Waals surface area (Å²) in [5.41, 5.74) is 3.13. The molecule has 0 radical (unpaired) electrons. The predicted octanol–water partition coefficient (Wildman–Crippen LogP) is 1.56. The average molecular weight is 189 g/mol. The molecule has 1 aromatic rings. The molecule has 0 amide bonds. The Morgan fingerprint density at radius 3 is 2.71 bits per heavy atom. The molecule has 0 aromatic heterocycles. The lowest BCUT2D eigenvalue weighted by Crippen LogP contribution is -2.17. The molecular formula is C12H15NO. The van der Waals surface area contributed by atoms with Gasteiger partial charge in [0.05, 0.1) is 13.2 Å². The third kappa shape index (κ3) is 2.27. The van der Waals surface area contributed by atoms with Crippen LogP contribution in [0.1, 0.15) is 11.1 Å². The zero-order chi connectivity index (χ0) is 10.6. The summed E-state index contributed by atoms with van der Waals surface area (Å²) in [7, 11) is 1.95. The fourth-order valence-electron chi connectivity index (χ4n) is 1.32. The van der Waals surface area contributed by atoms with Crippen LogP contribution in [-0.4, -0.2) is 18.7 Å². The summed E-state index contributed by atoms with van der Waals surface area (Å²) in [6.45, 7) is 2.67. The van der Waals surface area contributed by atoms with E-state index in [0.717, 1.165) is 16.8 Å². The second-order valence-electron chi connectivity index (χ2n) is 3.33. The van der Waals surface area contributed by atoms with Gasteiger partial charge in [0.25, 0.3) is 0 Å². The third-order valence-corrected chi connectivity index (χ3v) is 2.27. The van der Waals surface area contributed by atoms with Gasteiger partial charge in [-0.2, -0.15) is 0 Å². The van der Waals surface area contributed by atoms with E-state index in [-0.39, 0.29) is 6.61 Å². The van der Waals surface area contributed by atoms with Gasteiger partial charge in [0.15, 0.2) is 0 Å². The molecule has 1 aromatic carbocycles. The first-order valence-corrected chi connectivity index (χ1v) is 4.54. The summed E-state index contributed by atoms with van der Waals surface area (Å²) in [6, 6.07) is 5.93.